The minimum Gasteiger partial charge on any atom is -0.443 e. The maximum Gasteiger partial charge on any atom is 0.414 e. The maximum absolute atomic E-state index is 15.0. The first-order valence-corrected chi connectivity index (χ1v) is 11.2. The Morgan fingerprint density at radius 2 is 1.97 bits per heavy atom. The molecule has 4 amide bonds. The number of amides is 4. The highest BCUT2D eigenvalue weighted by atomic mass is 19.1. The molecule has 36 heavy (non-hydrogen) atoms. The SMILES string of the molecule is CC(=O)NC[C@H]1CN(c2ccc(N3CCN(C(=O)c4cc(COC(N)=O)no4)CC3)c(F)c2)C(=O)O1. The number of aromatic nitrogens is 1. The number of halogens is 1. The monoisotopic (exact) mass is 504 g/mol. The van der Waals surface area contributed by atoms with Crippen LogP contribution in [0.2, 0.25) is 0 Å². The highest BCUT2D eigenvalue weighted by Gasteiger charge is 2.33. The van der Waals surface area contributed by atoms with Gasteiger partial charge in [0.15, 0.2) is 0 Å². The van der Waals surface area contributed by atoms with E-state index >= 15 is 0 Å². The molecule has 2 aliphatic rings. The second kappa shape index (κ2) is 10.5. The van der Waals surface area contributed by atoms with E-state index in [1.807, 2.05) is 0 Å². The van der Waals surface area contributed by atoms with E-state index in [9.17, 15) is 23.6 Å². The molecule has 0 saturated carbocycles. The fourth-order valence-electron chi connectivity index (χ4n) is 3.95. The molecule has 3 N–H and O–H groups in total. The quantitative estimate of drug-likeness (QED) is 0.557. The first-order valence-electron chi connectivity index (χ1n) is 11.2. The topological polar surface area (TPSA) is 161 Å². The molecule has 0 spiro atoms. The van der Waals surface area contributed by atoms with Gasteiger partial charge in [-0.2, -0.15) is 0 Å². The van der Waals surface area contributed by atoms with E-state index in [0.29, 0.717) is 37.6 Å². The number of rotatable bonds is 7. The molecule has 2 aromatic rings. The zero-order valence-corrected chi connectivity index (χ0v) is 19.4. The Labute approximate surface area is 204 Å². The number of carbonyl (C=O) groups is 4. The van der Waals surface area contributed by atoms with Crippen molar-refractivity contribution < 1.29 is 37.6 Å². The van der Waals surface area contributed by atoms with Crippen LogP contribution < -0.4 is 20.9 Å². The van der Waals surface area contributed by atoms with Gasteiger partial charge in [0.2, 0.25) is 11.7 Å². The van der Waals surface area contributed by atoms with Crippen LogP contribution in [-0.4, -0.2) is 79.4 Å². The molecule has 13 nitrogen and oxygen atoms in total. The van der Waals surface area contributed by atoms with Crippen LogP contribution in [0.25, 0.3) is 0 Å². The van der Waals surface area contributed by atoms with Crippen molar-refractivity contribution in [1.29, 1.82) is 0 Å². The summed E-state index contributed by atoms with van der Waals surface area (Å²) in [6.07, 6.45) is -2.10. The number of nitrogens with zero attached hydrogens (tertiary/aromatic N) is 4. The van der Waals surface area contributed by atoms with Crippen molar-refractivity contribution in [2.45, 2.75) is 19.6 Å². The molecule has 2 saturated heterocycles. The van der Waals surface area contributed by atoms with E-state index in [2.05, 4.69) is 15.2 Å². The van der Waals surface area contributed by atoms with Crippen LogP contribution in [-0.2, 0) is 20.9 Å². The van der Waals surface area contributed by atoms with Crippen LogP contribution in [0.4, 0.5) is 25.4 Å². The molecule has 4 rings (SSSR count). The van der Waals surface area contributed by atoms with E-state index in [4.69, 9.17) is 15.0 Å². The van der Waals surface area contributed by atoms with Crippen LogP contribution in [0.5, 0.6) is 0 Å². The standard InChI is InChI=1S/C22H25FN6O7/c1-13(30)25-10-16-11-29(22(33)35-16)15-2-3-18(17(23)9-15)27-4-6-28(7-5-27)20(31)19-8-14(26-36-19)12-34-21(24)32/h2-3,8-9,16H,4-7,10-12H2,1H3,(H2,24,32)(H,25,30)/t16-/m0/s1. The van der Waals surface area contributed by atoms with Crippen LogP contribution in [0.1, 0.15) is 23.2 Å². The van der Waals surface area contributed by atoms with Crippen LogP contribution in [0.3, 0.4) is 0 Å². The first-order chi connectivity index (χ1) is 17.2. The van der Waals surface area contributed by atoms with E-state index in [0.717, 1.165) is 0 Å². The molecule has 0 unspecified atom stereocenters. The molecule has 192 valence electrons. The van der Waals surface area contributed by atoms with Crippen molar-refractivity contribution in [1.82, 2.24) is 15.4 Å². The summed E-state index contributed by atoms with van der Waals surface area (Å²) < 4.78 is 29.9. The lowest BCUT2D eigenvalue weighted by Gasteiger charge is -2.35. The lowest BCUT2D eigenvalue weighted by molar-refractivity contribution is -0.119. The largest absolute Gasteiger partial charge is 0.443 e. The summed E-state index contributed by atoms with van der Waals surface area (Å²) in [5, 5.41) is 6.27. The predicted octanol–water partition coefficient (Wildman–Crippen LogP) is 0.833. The van der Waals surface area contributed by atoms with Gasteiger partial charge in [-0.3, -0.25) is 14.5 Å². The predicted molar refractivity (Wildman–Crippen MR) is 122 cm³/mol. The summed E-state index contributed by atoms with van der Waals surface area (Å²) in [7, 11) is 0. The van der Waals surface area contributed by atoms with Crippen molar-refractivity contribution in [3.8, 4) is 0 Å². The molecular formula is C22H25FN6O7. The lowest BCUT2D eigenvalue weighted by atomic mass is 10.2. The number of cyclic esters (lactones) is 1. The van der Waals surface area contributed by atoms with E-state index in [1.165, 1.54) is 24.0 Å². The average Bonchev–Trinajstić information content (AvgIpc) is 3.47. The van der Waals surface area contributed by atoms with E-state index < -0.39 is 24.1 Å². The highest BCUT2D eigenvalue weighted by Crippen LogP contribution is 2.28. The summed E-state index contributed by atoms with van der Waals surface area (Å²) in [4.78, 5) is 51.3. The van der Waals surface area contributed by atoms with Gasteiger partial charge >= 0.3 is 12.2 Å². The molecule has 3 heterocycles. The maximum atomic E-state index is 15.0. The number of ether oxygens (including phenoxy) is 2. The molecule has 1 atom stereocenters. The summed E-state index contributed by atoms with van der Waals surface area (Å²) in [6, 6.07) is 5.85. The van der Waals surface area contributed by atoms with E-state index in [1.54, 1.807) is 21.9 Å². The highest BCUT2D eigenvalue weighted by molar-refractivity contribution is 5.92. The van der Waals surface area contributed by atoms with Crippen molar-refractivity contribution in [2.75, 3.05) is 49.1 Å². The second-order valence-corrected chi connectivity index (χ2v) is 8.26. The number of nitrogens with two attached hydrogens (primary N) is 1. The third kappa shape index (κ3) is 5.64. The number of benzene rings is 1. The van der Waals surface area contributed by atoms with Crippen LogP contribution >= 0.6 is 0 Å². The number of anilines is 2. The summed E-state index contributed by atoms with van der Waals surface area (Å²) in [6.45, 7) is 2.91. The Kier molecular flexibility index (Phi) is 7.22. The fourth-order valence-corrected chi connectivity index (χ4v) is 3.95. The number of primary amides is 1. The molecule has 0 radical (unpaired) electrons. The van der Waals surface area contributed by atoms with Gasteiger partial charge in [0, 0.05) is 39.2 Å². The fraction of sp³-hybridized carbons (Fsp3) is 0.409. The van der Waals surface area contributed by atoms with Crippen LogP contribution in [0, 0.1) is 5.82 Å². The first kappa shape index (κ1) is 24.8. The number of carbonyl (C=O) groups excluding carboxylic acids is 4. The molecule has 0 bridgehead atoms. The van der Waals surface area contributed by atoms with Gasteiger partial charge in [-0.05, 0) is 18.2 Å². The number of hydrogen-bond acceptors (Lipinski definition) is 9. The second-order valence-electron chi connectivity index (χ2n) is 8.26. The molecule has 1 aromatic carbocycles. The normalized spacial score (nSPS) is 17.7. The van der Waals surface area contributed by atoms with Crippen molar-refractivity contribution >= 4 is 35.4 Å². The molecule has 14 heteroatoms. The van der Waals surface area contributed by atoms with Crippen molar-refractivity contribution in [3.63, 3.8) is 0 Å². The van der Waals surface area contributed by atoms with Gasteiger partial charge < -0.3 is 34.8 Å². The molecule has 2 fully saturated rings. The van der Waals surface area contributed by atoms with Gasteiger partial charge in [-0.15, -0.1) is 0 Å². The average molecular weight is 504 g/mol. The molecular weight excluding hydrogens is 479 g/mol. The molecule has 1 aromatic heterocycles. The Hall–Kier alpha value is -4.36. The zero-order chi connectivity index (χ0) is 25.8. The van der Waals surface area contributed by atoms with Gasteiger partial charge in [0.25, 0.3) is 5.91 Å². The Morgan fingerprint density at radius 3 is 2.64 bits per heavy atom. The number of hydrogen-bond donors (Lipinski definition) is 2. The van der Waals surface area contributed by atoms with Crippen molar-refractivity contribution in [2.24, 2.45) is 5.73 Å². The Balaban J connectivity index is 1.33. The minimum absolute atomic E-state index is 0.00337. The zero-order valence-electron chi connectivity index (χ0n) is 19.4. The minimum atomic E-state index is -0.964. The molecule has 0 aliphatic carbocycles. The van der Waals surface area contributed by atoms with Gasteiger partial charge in [0.1, 0.15) is 24.2 Å². The number of piperazine rings is 1. The molecule has 2 aliphatic heterocycles. The summed E-state index contributed by atoms with van der Waals surface area (Å²) in [5.41, 5.74) is 5.85. The van der Waals surface area contributed by atoms with E-state index in [-0.39, 0.29) is 43.0 Å². The third-order valence-corrected chi connectivity index (χ3v) is 5.74. The van der Waals surface area contributed by atoms with Gasteiger partial charge in [-0.25, -0.2) is 14.0 Å². The van der Waals surface area contributed by atoms with Crippen molar-refractivity contribution in [3.05, 3.63) is 41.5 Å². The summed E-state index contributed by atoms with van der Waals surface area (Å²) in [5.74, 6) is -1.14. The van der Waals surface area contributed by atoms with Gasteiger partial charge in [-0.1, -0.05) is 5.16 Å². The Bertz CT molecular complexity index is 1160. The summed E-state index contributed by atoms with van der Waals surface area (Å²) >= 11 is 0. The third-order valence-electron chi connectivity index (χ3n) is 5.74. The Morgan fingerprint density at radius 1 is 1.22 bits per heavy atom. The lowest BCUT2D eigenvalue weighted by Crippen LogP contribution is -2.49. The van der Waals surface area contributed by atoms with Gasteiger partial charge in [0.05, 0.1) is 24.5 Å². The smallest absolute Gasteiger partial charge is 0.414 e. The van der Waals surface area contributed by atoms with Crippen LogP contribution in [0.15, 0.2) is 28.8 Å². The number of nitrogens with one attached hydrogen (secondary N) is 1.